The summed E-state index contributed by atoms with van der Waals surface area (Å²) in [6.07, 6.45) is 1.53. The fourth-order valence-corrected chi connectivity index (χ4v) is 1.83. The number of non-ortho nitro benzene ring substituents is 1. The van der Waals surface area contributed by atoms with E-state index in [1.54, 1.807) is 19.1 Å². The first-order chi connectivity index (χ1) is 9.52. The molecule has 2 aromatic rings. The number of nitrogens with one attached hydrogen (secondary N) is 1. The number of nitro groups is 1. The summed E-state index contributed by atoms with van der Waals surface area (Å²) >= 11 is 0. The van der Waals surface area contributed by atoms with Crippen molar-refractivity contribution < 1.29 is 14.5 Å². The second kappa shape index (κ2) is 5.52. The van der Waals surface area contributed by atoms with Crippen LogP contribution in [0, 0.1) is 10.1 Å². The molecule has 0 radical (unpaired) electrons. The Hall–Kier alpha value is -2.70. The molecule has 0 fully saturated rings. The summed E-state index contributed by atoms with van der Waals surface area (Å²) in [5.41, 5.74) is 0.00988. The van der Waals surface area contributed by atoms with Gasteiger partial charge in [-0.3, -0.25) is 10.1 Å². The number of benzene rings is 1. The highest BCUT2D eigenvalue weighted by atomic mass is 16.6. The molecule has 1 heterocycles. The lowest BCUT2D eigenvalue weighted by Gasteiger charge is -2.13. The van der Waals surface area contributed by atoms with Crippen LogP contribution in [0.25, 0.3) is 10.8 Å². The summed E-state index contributed by atoms with van der Waals surface area (Å²) in [5, 5.41) is 15.1. The van der Waals surface area contributed by atoms with Crippen molar-refractivity contribution in [3.05, 3.63) is 40.6 Å². The van der Waals surface area contributed by atoms with E-state index in [1.165, 1.54) is 25.4 Å². The minimum Gasteiger partial charge on any atom is -0.467 e. The molecule has 0 aliphatic heterocycles. The number of rotatable bonds is 4. The van der Waals surface area contributed by atoms with Crippen molar-refractivity contribution in [1.82, 2.24) is 4.98 Å². The van der Waals surface area contributed by atoms with Gasteiger partial charge in [-0.1, -0.05) is 0 Å². The predicted octanol–water partition coefficient (Wildman–Crippen LogP) is 2.12. The van der Waals surface area contributed by atoms with Gasteiger partial charge < -0.3 is 10.1 Å². The number of hydrogen-bond acceptors (Lipinski definition) is 6. The number of esters is 1. The standard InChI is InChI=1S/C13H13N3O4/c1-8(13(17)20-2)15-12-11-4-3-10(16(18)19)7-9(11)5-6-14-12/h3-8H,1-2H3,(H,14,15). The summed E-state index contributed by atoms with van der Waals surface area (Å²) < 4.78 is 4.63. The Morgan fingerprint density at radius 3 is 2.85 bits per heavy atom. The Bertz CT molecular complexity index is 672. The number of nitrogens with zero attached hydrogens (tertiary/aromatic N) is 2. The molecule has 7 heteroatoms. The first kappa shape index (κ1) is 13.7. The maximum absolute atomic E-state index is 11.4. The smallest absolute Gasteiger partial charge is 0.328 e. The van der Waals surface area contributed by atoms with Crippen LogP contribution in [0.2, 0.25) is 0 Å². The van der Waals surface area contributed by atoms with Crippen molar-refractivity contribution >= 4 is 28.2 Å². The fraction of sp³-hybridized carbons (Fsp3) is 0.231. The van der Waals surface area contributed by atoms with Crippen LogP contribution in [0.1, 0.15) is 6.92 Å². The van der Waals surface area contributed by atoms with E-state index in [0.717, 1.165) is 0 Å². The molecule has 0 aliphatic rings. The van der Waals surface area contributed by atoms with Crippen molar-refractivity contribution in [3.63, 3.8) is 0 Å². The van der Waals surface area contributed by atoms with Gasteiger partial charge in [-0.15, -0.1) is 0 Å². The Kier molecular flexibility index (Phi) is 3.79. The van der Waals surface area contributed by atoms with Crippen LogP contribution in [-0.4, -0.2) is 29.0 Å². The van der Waals surface area contributed by atoms with Gasteiger partial charge in [-0.2, -0.15) is 0 Å². The van der Waals surface area contributed by atoms with E-state index in [4.69, 9.17) is 0 Å². The second-order valence-electron chi connectivity index (χ2n) is 4.21. The lowest BCUT2D eigenvalue weighted by Crippen LogP contribution is -2.27. The summed E-state index contributed by atoms with van der Waals surface area (Å²) in [6, 6.07) is 5.58. The highest BCUT2D eigenvalue weighted by Crippen LogP contribution is 2.25. The summed E-state index contributed by atoms with van der Waals surface area (Å²) in [4.78, 5) is 25.8. The zero-order chi connectivity index (χ0) is 14.7. The van der Waals surface area contributed by atoms with Gasteiger partial charge >= 0.3 is 5.97 Å². The van der Waals surface area contributed by atoms with Gasteiger partial charge in [0.15, 0.2) is 0 Å². The van der Waals surface area contributed by atoms with Crippen LogP contribution >= 0.6 is 0 Å². The minimum atomic E-state index is -0.562. The van der Waals surface area contributed by atoms with Crippen molar-refractivity contribution in [2.24, 2.45) is 0 Å². The number of aromatic nitrogens is 1. The number of ether oxygens (including phenoxy) is 1. The van der Waals surface area contributed by atoms with Crippen molar-refractivity contribution in [2.75, 3.05) is 12.4 Å². The molecule has 1 atom stereocenters. The van der Waals surface area contributed by atoms with Crippen LogP contribution < -0.4 is 5.32 Å². The van der Waals surface area contributed by atoms with Crippen molar-refractivity contribution in [1.29, 1.82) is 0 Å². The normalized spacial score (nSPS) is 11.9. The molecule has 7 nitrogen and oxygen atoms in total. The zero-order valence-electron chi connectivity index (χ0n) is 11.0. The summed E-state index contributed by atoms with van der Waals surface area (Å²) in [6.45, 7) is 1.65. The Balaban J connectivity index is 2.40. The van der Waals surface area contributed by atoms with E-state index in [1.807, 2.05) is 0 Å². The van der Waals surface area contributed by atoms with Crippen molar-refractivity contribution in [2.45, 2.75) is 13.0 Å². The fourth-order valence-electron chi connectivity index (χ4n) is 1.83. The number of nitro benzene ring substituents is 1. The monoisotopic (exact) mass is 275 g/mol. The maximum Gasteiger partial charge on any atom is 0.328 e. The third kappa shape index (κ3) is 2.66. The van der Waals surface area contributed by atoms with Gasteiger partial charge in [0.1, 0.15) is 11.9 Å². The average Bonchev–Trinajstić information content (AvgIpc) is 2.45. The third-order valence-corrected chi connectivity index (χ3v) is 2.87. The molecule has 20 heavy (non-hydrogen) atoms. The second-order valence-corrected chi connectivity index (χ2v) is 4.21. The molecular formula is C13H13N3O4. The van der Waals surface area contributed by atoms with E-state index in [2.05, 4.69) is 15.0 Å². The van der Waals surface area contributed by atoms with E-state index in [0.29, 0.717) is 16.6 Å². The first-order valence-electron chi connectivity index (χ1n) is 5.90. The number of methoxy groups -OCH3 is 1. The summed E-state index contributed by atoms with van der Waals surface area (Å²) in [5.74, 6) is 0.0704. The number of anilines is 1. The molecule has 1 aromatic carbocycles. The van der Waals surface area contributed by atoms with Crippen LogP contribution in [0.5, 0.6) is 0 Å². The predicted molar refractivity (Wildman–Crippen MR) is 73.5 cm³/mol. The molecule has 0 amide bonds. The molecular weight excluding hydrogens is 262 g/mol. The Labute approximate surface area is 114 Å². The number of carbonyl (C=O) groups excluding carboxylic acids is 1. The molecule has 1 N–H and O–H groups in total. The summed E-state index contributed by atoms with van der Waals surface area (Å²) in [7, 11) is 1.31. The van der Waals surface area contributed by atoms with Gasteiger partial charge in [0.25, 0.3) is 5.69 Å². The molecule has 1 aromatic heterocycles. The van der Waals surface area contributed by atoms with E-state index >= 15 is 0 Å². The molecule has 0 saturated carbocycles. The molecule has 2 rings (SSSR count). The maximum atomic E-state index is 11.4. The lowest BCUT2D eigenvalue weighted by molar-refractivity contribution is -0.384. The molecule has 1 unspecified atom stereocenters. The van der Waals surface area contributed by atoms with E-state index < -0.39 is 16.9 Å². The van der Waals surface area contributed by atoms with Crippen LogP contribution in [0.3, 0.4) is 0 Å². The first-order valence-corrected chi connectivity index (χ1v) is 5.90. The third-order valence-electron chi connectivity index (χ3n) is 2.87. The minimum absolute atomic E-state index is 0.00988. The zero-order valence-corrected chi connectivity index (χ0v) is 11.0. The SMILES string of the molecule is COC(=O)C(C)Nc1nccc2cc([N+](=O)[O-])ccc12. The van der Waals surface area contributed by atoms with Gasteiger partial charge in [0, 0.05) is 23.7 Å². The molecule has 0 bridgehead atoms. The highest BCUT2D eigenvalue weighted by Gasteiger charge is 2.15. The van der Waals surface area contributed by atoms with Gasteiger partial charge in [0.05, 0.1) is 12.0 Å². The van der Waals surface area contributed by atoms with Gasteiger partial charge in [-0.05, 0) is 24.4 Å². The number of fused-ring (bicyclic) bond motifs is 1. The molecule has 0 aliphatic carbocycles. The Morgan fingerprint density at radius 2 is 2.20 bits per heavy atom. The quantitative estimate of drug-likeness (QED) is 0.521. The average molecular weight is 275 g/mol. The number of pyridine rings is 1. The molecule has 0 saturated heterocycles. The van der Waals surface area contributed by atoms with Crippen molar-refractivity contribution in [3.8, 4) is 0 Å². The van der Waals surface area contributed by atoms with Crippen LogP contribution in [-0.2, 0) is 9.53 Å². The van der Waals surface area contributed by atoms with Crippen LogP contribution in [0.4, 0.5) is 11.5 Å². The topological polar surface area (TPSA) is 94.4 Å². The van der Waals surface area contributed by atoms with Crippen LogP contribution in [0.15, 0.2) is 30.5 Å². The molecule has 104 valence electrons. The highest BCUT2D eigenvalue weighted by molar-refractivity contribution is 5.94. The van der Waals surface area contributed by atoms with E-state index in [9.17, 15) is 14.9 Å². The lowest BCUT2D eigenvalue weighted by atomic mass is 10.1. The largest absolute Gasteiger partial charge is 0.467 e. The van der Waals surface area contributed by atoms with Gasteiger partial charge in [0.2, 0.25) is 0 Å². The Morgan fingerprint density at radius 1 is 1.45 bits per heavy atom. The number of hydrogen-bond donors (Lipinski definition) is 1. The number of carbonyl (C=O) groups is 1. The molecule has 0 spiro atoms. The van der Waals surface area contributed by atoms with E-state index in [-0.39, 0.29) is 5.69 Å². The van der Waals surface area contributed by atoms with Gasteiger partial charge in [-0.25, -0.2) is 9.78 Å².